The SMILES string of the molecule is Cc1c(-c2ccccc2)oc2c(C(=O)N3CCCN(CC(=O)NC(C)(C)C)CC3)cccc2c1=O. The molecule has 2 aromatic carbocycles. The van der Waals surface area contributed by atoms with Crippen LogP contribution in [0.3, 0.4) is 0 Å². The van der Waals surface area contributed by atoms with Gasteiger partial charge in [-0.25, -0.2) is 0 Å². The molecular formula is C28H33N3O4. The molecule has 184 valence electrons. The monoisotopic (exact) mass is 475 g/mol. The highest BCUT2D eigenvalue weighted by Gasteiger charge is 2.25. The number of carbonyl (C=O) groups is 2. The van der Waals surface area contributed by atoms with Gasteiger partial charge >= 0.3 is 0 Å². The van der Waals surface area contributed by atoms with E-state index >= 15 is 0 Å². The van der Waals surface area contributed by atoms with E-state index in [1.165, 1.54) is 0 Å². The van der Waals surface area contributed by atoms with E-state index < -0.39 is 0 Å². The van der Waals surface area contributed by atoms with E-state index in [9.17, 15) is 14.4 Å². The molecule has 0 aliphatic carbocycles. The molecule has 0 spiro atoms. The predicted octanol–water partition coefficient (Wildman–Crippen LogP) is 3.83. The van der Waals surface area contributed by atoms with Gasteiger partial charge in [0, 0.05) is 42.8 Å². The van der Waals surface area contributed by atoms with Crippen molar-refractivity contribution in [2.45, 2.75) is 39.7 Å². The molecule has 7 heteroatoms. The van der Waals surface area contributed by atoms with Crippen molar-refractivity contribution in [3.05, 3.63) is 69.9 Å². The molecular weight excluding hydrogens is 442 g/mol. The Morgan fingerprint density at radius 2 is 1.71 bits per heavy atom. The Kier molecular flexibility index (Phi) is 7.08. The summed E-state index contributed by atoms with van der Waals surface area (Å²) in [6, 6.07) is 14.6. The van der Waals surface area contributed by atoms with Crippen LogP contribution in [0.25, 0.3) is 22.3 Å². The summed E-state index contributed by atoms with van der Waals surface area (Å²) < 4.78 is 6.24. The van der Waals surface area contributed by atoms with E-state index in [4.69, 9.17) is 4.42 Å². The number of carbonyl (C=O) groups excluding carboxylic acids is 2. The highest BCUT2D eigenvalue weighted by Crippen LogP contribution is 2.28. The summed E-state index contributed by atoms with van der Waals surface area (Å²) in [5.74, 6) is 0.301. The Balaban J connectivity index is 1.59. The van der Waals surface area contributed by atoms with Crippen LogP contribution in [0.1, 0.15) is 43.1 Å². The second kappa shape index (κ2) is 10.0. The van der Waals surface area contributed by atoms with Crippen LogP contribution in [-0.4, -0.2) is 59.9 Å². The number of fused-ring (bicyclic) bond motifs is 1. The summed E-state index contributed by atoms with van der Waals surface area (Å²) in [6.45, 7) is 10.4. The molecule has 2 amide bonds. The third kappa shape index (κ3) is 5.62. The first-order valence-electron chi connectivity index (χ1n) is 12.1. The van der Waals surface area contributed by atoms with Gasteiger partial charge in [0.2, 0.25) is 5.91 Å². The minimum Gasteiger partial charge on any atom is -0.455 e. The molecule has 0 atom stereocenters. The molecule has 4 rings (SSSR count). The molecule has 3 aromatic rings. The molecule has 1 N–H and O–H groups in total. The quantitative estimate of drug-likeness (QED) is 0.620. The Morgan fingerprint density at radius 3 is 2.43 bits per heavy atom. The number of rotatable bonds is 4. The maximum absolute atomic E-state index is 13.6. The molecule has 1 aromatic heterocycles. The third-order valence-corrected chi connectivity index (χ3v) is 6.17. The molecule has 1 aliphatic heterocycles. The maximum Gasteiger partial charge on any atom is 0.257 e. The van der Waals surface area contributed by atoms with Crippen molar-refractivity contribution in [2.75, 3.05) is 32.7 Å². The van der Waals surface area contributed by atoms with Crippen LogP contribution in [0.4, 0.5) is 0 Å². The Hall–Kier alpha value is -3.45. The number of hydrogen-bond donors (Lipinski definition) is 1. The number of benzene rings is 2. The second-order valence-corrected chi connectivity index (χ2v) is 10.2. The predicted molar refractivity (Wildman–Crippen MR) is 138 cm³/mol. The van der Waals surface area contributed by atoms with Crippen LogP contribution in [0, 0.1) is 6.92 Å². The van der Waals surface area contributed by atoms with Crippen molar-refractivity contribution in [1.29, 1.82) is 0 Å². The van der Waals surface area contributed by atoms with Crippen LogP contribution in [-0.2, 0) is 4.79 Å². The summed E-state index contributed by atoms with van der Waals surface area (Å²) >= 11 is 0. The standard InChI is InChI=1S/C28H33N3O4/c1-19-24(33)21-12-8-13-22(26(21)35-25(19)20-10-6-5-7-11-20)27(34)31-15-9-14-30(16-17-31)18-23(32)29-28(2,3)4/h5-8,10-13H,9,14-18H2,1-4H3,(H,29,32). The summed E-state index contributed by atoms with van der Waals surface area (Å²) in [5, 5.41) is 3.40. The van der Waals surface area contributed by atoms with Crippen molar-refractivity contribution >= 4 is 22.8 Å². The maximum atomic E-state index is 13.6. The third-order valence-electron chi connectivity index (χ3n) is 6.17. The lowest BCUT2D eigenvalue weighted by molar-refractivity contribution is -0.123. The zero-order chi connectivity index (χ0) is 25.2. The van der Waals surface area contributed by atoms with Crippen molar-refractivity contribution in [3.63, 3.8) is 0 Å². The van der Waals surface area contributed by atoms with Crippen molar-refractivity contribution in [2.24, 2.45) is 0 Å². The van der Waals surface area contributed by atoms with Crippen LogP contribution < -0.4 is 10.7 Å². The first-order chi connectivity index (χ1) is 16.6. The first-order valence-corrected chi connectivity index (χ1v) is 12.1. The molecule has 1 saturated heterocycles. The van der Waals surface area contributed by atoms with E-state index in [0.717, 1.165) is 18.5 Å². The van der Waals surface area contributed by atoms with Gasteiger partial charge in [-0.05, 0) is 46.2 Å². The largest absolute Gasteiger partial charge is 0.455 e. The van der Waals surface area contributed by atoms with Gasteiger partial charge in [0.25, 0.3) is 5.91 Å². The Labute approximate surface area is 205 Å². The van der Waals surface area contributed by atoms with E-state index in [0.29, 0.717) is 54.0 Å². The molecule has 0 bridgehead atoms. The molecule has 1 aliphatic rings. The fraction of sp³-hybridized carbons (Fsp3) is 0.393. The topological polar surface area (TPSA) is 82.9 Å². The summed E-state index contributed by atoms with van der Waals surface area (Å²) in [7, 11) is 0. The minimum absolute atomic E-state index is 0.0167. The summed E-state index contributed by atoms with van der Waals surface area (Å²) in [4.78, 5) is 43.0. The number of nitrogens with zero attached hydrogens (tertiary/aromatic N) is 2. The lowest BCUT2D eigenvalue weighted by Gasteiger charge is -2.25. The second-order valence-electron chi connectivity index (χ2n) is 10.2. The average molecular weight is 476 g/mol. The lowest BCUT2D eigenvalue weighted by atomic mass is 10.0. The van der Waals surface area contributed by atoms with Crippen LogP contribution in [0.15, 0.2) is 57.7 Å². The van der Waals surface area contributed by atoms with Gasteiger partial charge in [0.05, 0.1) is 17.5 Å². The fourth-order valence-corrected chi connectivity index (χ4v) is 4.51. The van der Waals surface area contributed by atoms with Gasteiger partial charge in [-0.3, -0.25) is 19.3 Å². The molecule has 7 nitrogen and oxygen atoms in total. The highest BCUT2D eigenvalue weighted by atomic mass is 16.3. The zero-order valence-corrected chi connectivity index (χ0v) is 20.9. The highest BCUT2D eigenvalue weighted by molar-refractivity contribution is 6.05. The lowest BCUT2D eigenvalue weighted by Crippen LogP contribution is -2.46. The summed E-state index contributed by atoms with van der Waals surface area (Å²) in [6.07, 6.45) is 0.762. The molecule has 2 heterocycles. The zero-order valence-electron chi connectivity index (χ0n) is 20.9. The van der Waals surface area contributed by atoms with E-state index in [2.05, 4.69) is 10.2 Å². The van der Waals surface area contributed by atoms with Crippen LogP contribution >= 0.6 is 0 Å². The molecule has 0 saturated carbocycles. The van der Waals surface area contributed by atoms with E-state index in [-0.39, 0.29) is 22.8 Å². The van der Waals surface area contributed by atoms with Gasteiger partial charge in [-0.2, -0.15) is 0 Å². The van der Waals surface area contributed by atoms with E-state index in [1.807, 2.05) is 51.1 Å². The number of hydrogen-bond acceptors (Lipinski definition) is 5. The smallest absolute Gasteiger partial charge is 0.257 e. The van der Waals surface area contributed by atoms with Gasteiger partial charge in [-0.1, -0.05) is 36.4 Å². The van der Waals surface area contributed by atoms with Gasteiger partial charge in [0.15, 0.2) is 11.0 Å². The molecule has 0 unspecified atom stereocenters. The molecule has 1 fully saturated rings. The summed E-state index contributed by atoms with van der Waals surface area (Å²) in [5.41, 5.74) is 1.61. The Bertz CT molecular complexity index is 1290. The Morgan fingerprint density at radius 1 is 0.971 bits per heavy atom. The number of para-hydroxylation sites is 1. The normalized spacial score (nSPS) is 15.1. The first kappa shape index (κ1) is 24.7. The number of amides is 2. The van der Waals surface area contributed by atoms with Gasteiger partial charge < -0.3 is 14.6 Å². The van der Waals surface area contributed by atoms with Gasteiger partial charge in [-0.15, -0.1) is 0 Å². The fourth-order valence-electron chi connectivity index (χ4n) is 4.51. The molecule has 35 heavy (non-hydrogen) atoms. The number of nitrogens with one attached hydrogen (secondary N) is 1. The van der Waals surface area contributed by atoms with E-state index in [1.54, 1.807) is 30.0 Å². The molecule has 0 radical (unpaired) electrons. The van der Waals surface area contributed by atoms with Crippen LogP contribution in [0.2, 0.25) is 0 Å². The van der Waals surface area contributed by atoms with Gasteiger partial charge in [0.1, 0.15) is 5.76 Å². The van der Waals surface area contributed by atoms with Crippen molar-refractivity contribution in [1.82, 2.24) is 15.1 Å². The average Bonchev–Trinajstić information content (AvgIpc) is 3.05. The van der Waals surface area contributed by atoms with Crippen LogP contribution in [0.5, 0.6) is 0 Å². The van der Waals surface area contributed by atoms with Crippen molar-refractivity contribution in [3.8, 4) is 11.3 Å². The van der Waals surface area contributed by atoms with Crippen molar-refractivity contribution < 1.29 is 14.0 Å². The minimum atomic E-state index is -0.278.